The smallest absolute Gasteiger partial charge is 0.180 e. The van der Waals surface area contributed by atoms with Gasteiger partial charge in [-0.25, -0.2) is 0 Å². The van der Waals surface area contributed by atoms with E-state index in [9.17, 15) is 0 Å². The summed E-state index contributed by atoms with van der Waals surface area (Å²) < 4.78 is 6.62. The van der Waals surface area contributed by atoms with Gasteiger partial charge in [0.2, 0.25) is 0 Å². The predicted molar refractivity (Wildman–Crippen MR) is 97.4 cm³/mol. The van der Waals surface area contributed by atoms with Crippen LogP contribution in [0.4, 0.5) is 0 Å². The lowest BCUT2D eigenvalue weighted by molar-refractivity contribution is -0.155. The van der Waals surface area contributed by atoms with Gasteiger partial charge in [0.05, 0.1) is 11.7 Å². The molecule has 3 heterocycles. The molecule has 0 amide bonds. The zero-order valence-electron chi connectivity index (χ0n) is 14.5. The largest absolute Gasteiger partial charge is 0.471 e. The number of ether oxygens (including phenoxy) is 1. The van der Waals surface area contributed by atoms with Crippen LogP contribution in [0.1, 0.15) is 49.8 Å². The zero-order chi connectivity index (χ0) is 16.9. The lowest BCUT2D eigenvalue weighted by atomic mass is 9.82. The summed E-state index contributed by atoms with van der Waals surface area (Å²) in [6.07, 6.45) is 10.6. The number of pyridine rings is 1. The fourth-order valence-electron chi connectivity index (χ4n) is 4.36. The summed E-state index contributed by atoms with van der Waals surface area (Å²) in [6.45, 7) is 2.35. The van der Waals surface area contributed by atoms with Crippen LogP contribution in [0.15, 0.2) is 54.9 Å². The van der Waals surface area contributed by atoms with Gasteiger partial charge in [0, 0.05) is 36.4 Å². The molecular formula is C21H23N3O. The van der Waals surface area contributed by atoms with Crippen LogP contribution in [0.25, 0.3) is 5.70 Å². The van der Waals surface area contributed by atoms with Crippen LogP contribution in [-0.2, 0) is 0 Å². The highest BCUT2D eigenvalue weighted by Crippen LogP contribution is 2.50. The second-order valence-electron chi connectivity index (χ2n) is 7.52. The minimum Gasteiger partial charge on any atom is -0.471 e. The molecule has 1 aromatic heterocycles. The Kier molecular flexibility index (Phi) is 3.35. The van der Waals surface area contributed by atoms with Gasteiger partial charge in [-0.3, -0.25) is 4.98 Å². The average molecular weight is 333 g/mol. The maximum atomic E-state index is 6.62. The molecule has 2 aromatic rings. The Morgan fingerprint density at radius 3 is 2.80 bits per heavy atom. The highest BCUT2D eigenvalue weighted by atomic mass is 16.5. The standard InChI is InChI=1S/C21H23N3O/c1-15-8-10-21(11-9-15)24-19(17-6-2-3-7-20(17)25-21)13-18(23-24)16-5-4-12-22-14-16/h2-7,12-15,19,23H,8-11H2,1H3/t15?,19-,21?/m0/s1. The molecule has 4 heteroatoms. The fourth-order valence-corrected chi connectivity index (χ4v) is 4.36. The third kappa shape index (κ3) is 2.35. The number of hydrazine groups is 1. The molecule has 0 bridgehead atoms. The van der Waals surface area contributed by atoms with Gasteiger partial charge in [0.15, 0.2) is 5.72 Å². The van der Waals surface area contributed by atoms with Crippen molar-refractivity contribution in [3.63, 3.8) is 0 Å². The van der Waals surface area contributed by atoms with Gasteiger partial charge in [0.1, 0.15) is 5.75 Å². The number of fused-ring (bicyclic) bond motifs is 4. The van der Waals surface area contributed by atoms with E-state index in [1.807, 2.05) is 18.5 Å². The molecule has 1 N–H and O–H groups in total. The average Bonchev–Trinajstić information content (AvgIpc) is 3.12. The van der Waals surface area contributed by atoms with Gasteiger partial charge >= 0.3 is 0 Å². The van der Waals surface area contributed by atoms with E-state index in [4.69, 9.17) is 4.74 Å². The summed E-state index contributed by atoms with van der Waals surface area (Å²) in [4.78, 5) is 4.27. The van der Waals surface area contributed by atoms with Crippen molar-refractivity contribution in [1.82, 2.24) is 15.4 Å². The first-order valence-electron chi connectivity index (χ1n) is 9.21. The van der Waals surface area contributed by atoms with E-state index in [0.717, 1.165) is 35.8 Å². The van der Waals surface area contributed by atoms with Crippen molar-refractivity contribution < 1.29 is 4.74 Å². The topological polar surface area (TPSA) is 37.4 Å². The zero-order valence-corrected chi connectivity index (χ0v) is 14.5. The van der Waals surface area contributed by atoms with Gasteiger partial charge < -0.3 is 10.2 Å². The van der Waals surface area contributed by atoms with Gasteiger partial charge in [-0.15, -0.1) is 0 Å². The number of nitrogens with zero attached hydrogens (tertiary/aromatic N) is 2. The van der Waals surface area contributed by atoms with Crippen molar-refractivity contribution in [3.05, 3.63) is 66.0 Å². The molecule has 1 saturated carbocycles. The highest BCUT2D eigenvalue weighted by molar-refractivity contribution is 5.67. The quantitative estimate of drug-likeness (QED) is 0.845. The second-order valence-corrected chi connectivity index (χ2v) is 7.52. The third-order valence-corrected chi connectivity index (χ3v) is 5.85. The molecule has 1 fully saturated rings. The Balaban J connectivity index is 1.58. The van der Waals surface area contributed by atoms with E-state index in [1.54, 1.807) is 0 Å². The van der Waals surface area contributed by atoms with Gasteiger partial charge in [-0.2, -0.15) is 5.01 Å². The van der Waals surface area contributed by atoms with Gasteiger partial charge in [-0.05, 0) is 43.0 Å². The van der Waals surface area contributed by atoms with Crippen LogP contribution < -0.4 is 10.2 Å². The maximum Gasteiger partial charge on any atom is 0.180 e. The summed E-state index contributed by atoms with van der Waals surface area (Å²) >= 11 is 0. The first kappa shape index (κ1) is 15.0. The maximum absolute atomic E-state index is 6.62. The van der Waals surface area contributed by atoms with E-state index in [0.29, 0.717) is 0 Å². The van der Waals surface area contributed by atoms with E-state index in [1.165, 1.54) is 18.4 Å². The molecule has 4 nitrogen and oxygen atoms in total. The lowest BCUT2D eigenvalue weighted by Crippen LogP contribution is -2.60. The van der Waals surface area contributed by atoms with Crippen molar-refractivity contribution in [2.75, 3.05) is 0 Å². The highest BCUT2D eigenvalue weighted by Gasteiger charge is 2.51. The number of para-hydroxylation sites is 1. The van der Waals surface area contributed by atoms with E-state index in [2.05, 4.69) is 58.8 Å². The Morgan fingerprint density at radius 1 is 1.16 bits per heavy atom. The molecule has 1 aliphatic carbocycles. The molecule has 0 radical (unpaired) electrons. The fraction of sp³-hybridized carbons (Fsp3) is 0.381. The van der Waals surface area contributed by atoms with Crippen molar-refractivity contribution in [2.24, 2.45) is 5.92 Å². The first-order valence-corrected chi connectivity index (χ1v) is 9.21. The first-order chi connectivity index (χ1) is 12.3. The SMILES string of the molecule is CC1CCC2(CC1)Oc1ccccc1[C@@H]1C=C(c3cccnc3)NN12. The molecule has 25 heavy (non-hydrogen) atoms. The molecule has 1 atom stereocenters. The summed E-state index contributed by atoms with van der Waals surface area (Å²) in [5, 5.41) is 2.35. The lowest BCUT2D eigenvalue weighted by Gasteiger charge is -2.51. The Hall–Kier alpha value is -2.33. The predicted octanol–water partition coefficient (Wildman–Crippen LogP) is 4.28. The molecule has 0 unspecified atom stereocenters. The second kappa shape index (κ2) is 5.60. The number of aromatic nitrogens is 1. The molecule has 5 rings (SSSR count). The monoisotopic (exact) mass is 333 g/mol. The minimum absolute atomic E-state index is 0.202. The minimum atomic E-state index is -0.258. The van der Waals surface area contributed by atoms with Crippen LogP contribution >= 0.6 is 0 Å². The van der Waals surface area contributed by atoms with Gasteiger partial charge in [0.25, 0.3) is 0 Å². The Bertz CT molecular complexity index is 809. The number of nitrogens with one attached hydrogen (secondary N) is 1. The van der Waals surface area contributed by atoms with Gasteiger partial charge in [-0.1, -0.05) is 25.1 Å². The summed E-state index contributed by atoms with van der Waals surface area (Å²) in [7, 11) is 0. The number of benzene rings is 1. The van der Waals surface area contributed by atoms with E-state index >= 15 is 0 Å². The molecule has 1 spiro atoms. The van der Waals surface area contributed by atoms with Crippen LogP contribution in [0, 0.1) is 5.92 Å². The number of hydrogen-bond donors (Lipinski definition) is 1. The van der Waals surface area contributed by atoms with Crippen molar-refractivity contribution >= 4 is 5.70 Å². The van der Waals surface area contributed by atoms with E-state index < -0.39 is 0 Å². The molecule has 0 saturated heterocycles. The van der Waals surface area contributed by atoms with Crippen LogP contribution in [-0.4, -0.2) is 15.7 Å². The third-order valence-electron chi connectivity index (χ3n) is 5.85. The normalized spacial score (nSPS) is 30.8. The van der Waals surface area contributed by atoms with Crippen LogP contribution in [0.2, 0.25) is 0 Å². The molecule has 128 valence electrons. The number of hydrogen-bond acceptors (Lipinski definition) is 4. The van der Waals surface area contributed by atoms with Crippen molar-refractivity contribution in [1.29, 1.82) is 0 Å². The van der Waals surface area contributed by atoms with Crippen molar-refractivity contribution in [3.8, 4) is 5.75 Å². The number of rotatable bonds is 1. The van der Waals surface area contributed by atoms with Crippen LogP contribution in [0.5, 0.6) is 5.75 Å². The van der Waals surface area contributed by atoms with E-state index in [-0.39, 0.29) is 11.8 Å². The molecule has 1 aromatic carbocycles. The van der Waals surface area contributed by atoms with Crippen molar-refractivity contribution in [2.45, 2.75) is 44.4 Å². The summed E-state index contributed by atoms with van der Waals surface area (Å²) in [5.74, 6) is 1.81. The Morgan fingerprint density at radius 2 is 2.00 bits per heavy atom. The molecule has 2 aliphatic heterocycles. The Labute approximate surface area is 148 Å². The molecule has 3 aliphatic rings. The van der Waals surface area contributed by atoms with Crippen LogP contribution in [0.3, 0.4) is 0 Å². The summed E-state index contributed by atoms with van der Waals surface area (Å²) in [5.41, 5.74) is 6.87. The molecular weight excluding hydrogens is 310 g/mol. The summed E-state index contributed by atoms with van der Waals surface area (Å²) in [6, 6.07) is 12.7.